The van der Waals surface area contributed by atoms with Crippen LogP contribution in [0.15, 0.2) is 41.1 Å². The number of nitrogens with one attached hydrogen (secondary N) is 2. The van der Waals surface area contributed by atoms with Gasteiger partial charge in [0.05, 0.1) is 11.2 Å². The minimum atomic E-state index is -0.300. The highest BCUT2D eigenvalue weighted by molar-refractivity contribution is 5.99. The van der Waals surface area contributed by atoms with Crippen LogP contribution in [0, 0.1) is 0 Å². The Balaban J connectivity index is 1.30. The molecule has 134 valence electrons. The van der Waals surface area contributed by atoms with E-state index in [1.165, 1.54) is 0 Å². The summed E-state index contributed by atoms with van der Waals surface area (Å²) in [5.74, 6) is 1.08. The zero-order valence-corrected chi connectivity index (χ0v) is 14.1. The van der Waals surface area contributed by atoms with Crippen LogP contribution in [0.1, 0.15) is 30.7 Å². The van der Waals surface area contributed by atoms with Crippen LogP contribution < -0.4 is 10.6 Å². The molecule has 1 atom stereocenters. The maximum atomic E-state index is 12.1. The smallest absolute Gasteiger partial charge is 0.319 e. The molecule has 8 nitrogen and oxygen atoms in total. The van der Waals surface area contributed by atoms with E-state index < -0.39 is 0 Å². The van der Waals surface area contributed by atoms with Gasteiger partial charge in [-0.15, -0.1) is 0 Å². The van der Waals surface area contributed by atoms with Gasteiger partial charge >= 0.3 is 6.03 Å². The molecule has 0 radical (unpaired) electrons. The minimum Gasteiger partial charge on any atom is -0.368 e. The summed E-state index contributed by atoms with van der Waals surface area (Å²) in [4.78, 5) is 20.8. The predicted molar refractivity (Wildman–Crippen MR) is 94.7 cm³/mol. The van der Waals surface area contributed by atoms with Crippen LogP contribution in [0.4, 0.5) is 10.5 Å². The third-order valence-electron chi connectivity index (χ3n) is 4.20. The molecule has 0 bridgehead atoms. The first-order valence-electron chi connectivity index (χ1n) is 8.62. The Bertz CT molecular complexity index is 899. The molecule has 2 N–H and O–H groups in total. The minimum absolute atomic E-state index is 0.0913. The Labute approximate surface area is 149 Å². The number of hydrogen-bond acceptors (Lipinski definition) is 6. The van der Waals surface area contributed by atoms with Gasteiger partial charge in [0.25, 0.3) is 5.89 Å². The van der Waals surface area contributed by atoms with E-state index in [0.717, 1.165) is 30.4 Å². The molecule has 8 heteroatoms. The van der Waals surface area contributed by atoms with E-state index in [2.05, 4.69) is 25.8 Å². The van der Waals surface area contributed by atoms with Crippen LogP contribution in [-0.4, -0.2) is 34.3 Å². The Morgan fingerprint density at radius 2 is 2.19 bits per heavy atom. The van der Waals surface area contributed by atoms with E-state index in [1.807, 2.05) is 30.3 Å². The fraction of sp³-hybridized carbons (Fsp3) is 0.333. The summed E-state index contributed by atoms with van der Waals surface area (Å²) in [7, 11) is 0. The molecule has 0 saturated carbocycles. The number of ether oxygens (including phenoxy) is 1. The largest absolute Gasteiger partial charge is 0.368 e. The molecule has 2 aromatic heterocycles. The van der Waals surface area contributed by atoms with Crippen molar-refractivity contribution >= 4 is 22.6 Å². The molecule has 1 aliphatic heterocycles. The highest BCUT2D eigenvalue weighted by Crippen LogP contribution is 2.26. The lowest BCUT2D eigenvalue weighted by Gasteiger charge is -2.08. The summed E-state index contributed by atoms with van der Waals surface area (Å²) >= 11 is 0. The van der Waals surface area contributed by atoms with E-state index >= 15 is 0 Å². The first-order chi connectivity index (χ1) is 12.8. The molecule has 3 aromatic rings. The van der Waals surface area contributed by atoms with Crippen molar-refractivity contribution < 1.29 is 14.1 Å². The van der Waals surface area contributed by atoms with Crippen molar-refractivity contribution in [2.45, 2.75) is 25.4 Å². The average Bonchev–Trinajstić information content (AvgIpc) is 3.34. The van der Waals surface area contributed by atoms with Crippen LogP contribution in [0.2, 0.25) is 0 Å². The molecular formula is C18H19N5O3. The van der Waals surface area contributed by atoms with Crippen molar-refractivity contribution in [3.05, 3.63) is 48.2 Å². The van der Waals surface area contributed by atoms with E-state index in [1.54, 1.807) is 6.20 Å². The molecule has 1 fully saturated rings. The quantitative estimate of drug-likeness (QED) is 0.731. The van der Waals surface area contributed by atoms with Crippen molar-refractivity contribution in [2.24, 2.45) is 0 Å². The molecule has 1 aliphatic rings. The molecule has 1 unspecified atom stereocenters. The van der Waals surface area contributed by atoms with Gasteiger partial charge in [-0.3, -0.25) is 4.98 Å². The summed E-state index contributed by atoms with van der Waals surface area (Å²) in [6.45, 7) is 1.13. The molecule has 3 heterocycles. The summed E-state index contributed by atoms with van der Waals surface area (Å²) in [6, 6.07) is 9.17. The molecule has 4 rings (SSSR count). The second kappa shape index (κ2) is 7.49. The zero-order chi connectivity index (χ0) is 17.8. The van der Waals surface area contributed by atoms with Gasteiger partial charge in [0.2, 0.25) is 0 Å². The number of nitrogens with zero attached hydrogens (tertiary/aromatic N) is 3. The number of aromatic nitrogens is 3. The lowest BCUT2D eigenvalue weighted by atomic mass is 10.2. The standard InChI is InChI=1S/C18H19N5O3/c24-18(21-13-6-1-4-12-5-2-9-19-16(12)13)20-10-8-15-22-17(26-23-15)14-7-3-11-25-14/h1-2,4-6,9,14H,3,7-8,10-11H2,(H2,20,21,24). The number of anilines is 1. The van der Waals surface area contributed by atoms with Gasteiger partial charge in [-0.25, -0.2) is 4.79 Å². The van der Waals surface area contributed by atoms with Crippen molar-refractivity contribution in [1.82, 2.24) is 20.4 Å². The third kappa shape index (κ3) is 3.65. The van der Waals surface area contributed by atoms with Crippen LogP contribution in [0.5, 0.6) is 0 Å². The maximum absolute atomic E-state index is 12.1. The van der Waals surface area contributed by atoms with E-state index in [-0.39, 0.29) is 12.1 Å². The molecule has 0 aliphatic carbocycles. The lowest BCUT2D eigenvalue weighted by Crippen LogP contribution is -2.30. The molecule has 1 aromatic carbocycles. The predicted octanol–water partition coefficient (Wildman–Crippen LogP) is 2.83. The van der Waals surface area contributed by atoms with Gasteiger partial charge in [0.15, 0.2) is 5.82 Å². The maximum Gasteiger partial charge on any atom is 0.319 e. The topological polar surface area (TPSA) is 102 Å². The number of urea groups is 1. The second-order valence-corrected chi connectivity index (χ2v) is 6.06. The Morgan fingerprint density at radius 3 is 3.08 bits per heavy atom. The van der Waals surface area contributed by atoms with Gasteiger partial charge < -0.3 is 19.9 Å². The number of carbonyl (C=O) groups is 1. The number of benzene rings is 1. The summed E-state index contributed by atoms with van der Waals surface area (Å²) in [6.07, 6.45) is 4.01. The SMILES string of the molecule is O=C(NCCc1noc(C2CCCO2)n1)Nc1cccc2cccnc12. The van der Waals surface area contributed by atoms with Gasteiger partial charge in [-0.2, -0.15) is 4.98 Å². The fourth-order valence-corrected chi connectivity index (χ4v) is 2.93. The zero-order valence-electron chi connectivity index (χ0n) is 14.1. The van der Waals surface area contributed by atoms with E-state index in [9.17, 15) is 4.79 Å². The molecule has 2 amide bonds. The molecule has 1 saturated heterocycles. The van der Waals surface area contributed by atoms with Gasteiger partial charge in [-0.05, 0) is 25.0 Å². The van der Waals surface area contributed by atoms with Gasteiger partial charge in [0.1, 0.15) is 6.10 Å². The van der Waals surface area contributed by atoms with Crippen molar-refractivity contribution in [3.8, 4) is 0 Å². The Morgan fingerprint density at radius 1 is 1.27 bits per heavy atom. The van der Waals surface area contributed by atoms with Gasteiger partial charge in [0, 0.05) is 31.2 Å². The number of fused-ring (bicyclic) bond motifs is 1. The summed E-state index contributed by atoms with van der Waals surface area (Å²) < 4.78 is 10.7. The summed E-state index contributed by atoms with van der Waals surface area (Å²) in [5, 5.41) is 10.5. The lowest BCUT2D eigenvalue weighted by molar-refractivity contribution is 0.0835. The first-order valence-corrected chi connectivity index (χ1v) is 8.62. The number of rotatable bonds is 5. The third-order valence-corrected chi connectivity index (χ3v) is 4.20. The monoisotopic (exact) mass is 353 g/mol. The van der Waals surface area contributed by atoms with Gasteiger partial charge in [-0.1, -0.05) is 23.4 Å². The number of carbonyl (C=O) groups excluding carboxylic acids is 1. The second-order valence-electron chi connectivity index (χ2n) is 6.06. The fourth-order valence-electron chi connectivity index (χ4n) is 2.93. The van der Waals surface area contributed by atoms with Crippen LogP contribution in [0.25, 0.3) is 10.9 Å². The number of pyridine rings is 1. The highest BCUT2D eigenvalue weighted by atomic mass is 16.5. The Hall–Kier alpha value is -3.00. The number of para-hydroxylation sites is 1. The van der Waals surface area contributed by atoms with Crippen LogP contribution in [-0.2, 0) is 11.2 Å². The van der Waals surface area contributed by atoms with Crippen molar-refractivity contribution in [2.75, 3.05) is 18.5 Å². The highest BCUT2D eigenvalue weighted by Gasteiger charge is 2.23. The first kappa shape index (κ1) is 16.5. The van der Waals surface area contributed by atoms with Crippen molar-refractivity contribution in [1.29, 1.82) is 0 Å². The van der Waals surface area contributed by atoms with Crippen LogP contribution >= 0.6 is 0 Å². The summed E-state index contributed by atoms with van der Waals surface area (Å²) in [5.41, 5.74) is 1.42. The van der Waals surface area contributed by atoms with E-state index in [0.29, 0.717) is 30.4 Å². The molecular weight excluding hydrogens is 334 g/mol. The molecule has 0 spiro atoms. The average molecular weight is 353 g/mol. The van der Waals surface area contributed by atoms with E-state index in [4.69, 9.17) is 9.26 Å². The van der Waals surface area contributed by atoms with Crippen molar-refractivity contribution in [3.63, 3.8) is 0 Å². The van der Waals surface area contributed by atoms with Crippen LogP contribution in [0.3, 0.4) is 0 Å². The Kier molecular flexibility index (Phi) is 4.74. The normalized spacial score (nSPS) is 16.7. The molecule has 26 heavy (non-hydrogen) atoms. The number of hydrogen-bond donors (Lipinski definition) is 2. The number of amides is 2.